The molecule has 2 aliphatic heterocycles. The molecule has 31 heavy (non-hydrogen) atoms. The van der Waals surface area contributed by atoms with Gasteiger partial charge in [-0.1, -0.05) is 30.3 Å². The first-order valence-corrected chi connectivity index (χ1v) is 11.3. The van der Waals surface area contributed by atoms with Crippen LogP contribution in [0.3, 0.4) is 0 Å². The lowest BCUT2D eigenvalue weighted by atomic mass is 9.44. The molecule has 158 valence electrons. The van der Waals surface area contributed by atoms with Crippen LogP contribution < -0.4 is 4.74 Å². The highest BCUT2D eigenvalue weighted by Crippen LogP contribution is 2.68. The van der Waals surface area contributed by atoms with Crippen LogP contribution in [0.15, 0.2) is 36.4 Å². The van der Waals surface area contributed by atoms with Gasteiger partial charge in [0.2, 0.25) is 0 Å². The minimum Gasteiger partial charge on any atom is -0.485 e. The zero-order chi connectivity index (χ0) is 21.2. The molecule has 2 spiro atoms. The maximum atomic E-state index is 12.7. The number of rotatable bonds is 0. The Morgan fingerprint density at radius 2 is 1.87 bits per heavy atom. The van der Waals surface area contributed by atoms with Crippen molar-refractivity contribution >= 4 is 0 Å². The van der Waals surface area contributed by atoms with E-state index in [1.165, 1.54) is 11.1 Å². The van der Waals surface area contributed by atoms with Gasteiger partial charge in [-0.15, -0.1) is 0 Å². The number of likely N-dealkylation sites (tertiary alicyclic amines) is 1. The lowest BCUT2D eigenvalue weighted by Gasteiger charge is -2.66. The van der Waals surface area contributed by atoms with Gasteiger partial charge in [0.25, 0.3) is 0 Å². The van der Waals surface area contributed by atoms with E-state index in [0.717, 1.165) is 43.4 Å². The molecule has 5 nitrogen and oxygen atoms in total. The van der Waals surface area contributed by atoms with Gasteiger partial charge < -0.3 is 19.8 Å². The number of nitrogens with zero attached hydrogens (tertiary/aromatic N) is 2. The predicted octanol–water partition coefficient (Wildman–Crippen LogP) is 2.10. The van der Waals surface area contributed by atoms with E-state index in [2.05, 4.69) is 42.3 Å². The fourth-order valence-corrected chi connectivity index (χ4v) is 8.14. The van der Waals surface area contributed by atoms with Crippen molar-refractivity contribution in [2.75, 3.05) is 13.6 Å². The molecule has 2 bridgehead atoms. The molecule has 3 unspecified atom stereocenters. The van der Waals surface area contributed by atoms with Crippen molar-refractivity contribution in [1.29, 1.82) is 5.26 Å². The summed E-state index contributed by atoms with van der Waals surface area (Å²) in [5, 5.41) is 34.3. The molecule has 0 aromatic heterocycles. The fraction of sp³-hybridized carbons (Fsp3) is 0.500. The van der Waals surface area contributed by atoms with Crippen molar-refractivity contribution in [3.63, 3.8) is 0 Å². The van der Waals surface area contributed by atoms with Crippen LogP contribution in [0.5, 0.6) is 5.75 Å². The number of nitriles is 1. The first-order valence-electron chi connectivity index (χ1n) is 11.3. The van der Waals surface area contributed by atoms with Crippen molar-refractivity contribution in [2.45, 2.75) is 61.4 Å². The lowest BCUT2D eigenvalue weighted by molar-refractivity contribution is -0.243. The van der Waals surface area contributed by atoms with E-state index >= 15 is 0 Å². The molecule has 3 aliphatic carbocycles. The van der Waals surface area contributed by atoms with Gasteiger partial charge >= 0.3 is 0 Å². The summed E-state index contributed by atoms with van der Waals surface area (Å²) >= 11 is 0. The Bertz CT molecular complexity index is 1160. The molecule has 2 aromatic rings. The van der Waals surface area contributed by atoms with Crippen LogP contribution in [-0.2, 0) is 24.7 Å². The van der Waals surface area contributed by atoms with Crippen molar-refractivity contribution in [2.24, 2.45) is 5.41 Å². The van der Waals surface area contributed by atoms with Crippen molar-refractivity contribution in [3.8, 4) is 11.8 Å². The Hall–Kier alpha value is -2.39. The Balaban J connectivity index is 1.48. The Labute approximate surface area is 181 Å². The molecule has 2 N–H and O–H groups in total. The van der Waals surface area contributed by atoms with Crippen molar-refractivity contribution in [1.82, 2.24) is 4.90 Å². The highest BCUT2D eigenvalue weighted by molar-refractivity contribution is 5.63. The van der Waals surface area contributed by atoms with E-state index in [1.54, 1.807) is 0 Å². The summed E-state index contributed by atoms with van der Waals surface area (Å²) in [5.41, 5.74) is 3.11. The Morgan fingerprint density at radius 1 is 1.13 bits per heavy atom. The summed E-state index contributed by atoms with van der Waals surface area (Å²) in [7, 11) is 2.11. The predicted molar refractivity (Wildman–Crippen MR) is 114 cm³/mol. The minimum atomic E-state index is -1.00. The topological polar surface area (TPSA) is 76.7 Å². The molecule has 0 amide bonds. The molecule has 5 atom stereocenters. The molecule has 2 aromatic carbocycles. The number of likely N-dealkylation sites (N-methyl/N-ethyl adjacent to an activating group) is 1. The molecular formula is C26H26N2O3. The number of aliphatic hydroxyl groups excluding tert-OH is 1. The first kappa shape index (κ1) is 18.2. The number of hydrogen-bond donors (Lipinski definition) is 2. The highest BCUT2D eigenvalue weighted by atomic mass is 16.5. The fourth-order valence-electron chi connectivity index (χ4n) is 8.14. The lowest BCUT2D eigenvalue weighted by Crippen LogP contribution is -2.79. The van der Waals surface area contributed by atoms with Crippen LogP contribution in [0.25, 0.3) is 0 Å². The summed E-state index contributed by atoms with van der Waals surface area (Å²) in [6, 6.07) is 14.6. The van der Waals surface area contributed by atoms with Crippen LogP contribution in [0.4, 0.5) is 0 Å². The maximum Gasteiger partial charge on any atom is 0.141 e. The van der Waals surface area contributed by atoms with E-state index in [1.807, 2.05) is 12.1 Å². The number of ether oxygens (including phenoxy) is 1. The standard InChI is InChI=1S/C26H26N2O3/c1-28-9-8-25-20-15-6-7-18(13-27)21(20)31-23(25)22(29)24(14-26(25,30)19(28)10-15)11-16-4-2-3-5-17(16)12-24/h2-7,19,22-23,29-30H,8-12,14H2,1H3/t19-,22?,23?,25+,26?/m1/s1. The van der Waals surface area contributed by atoms with E-state index in [9.17, 15) is 15.5 Å². The number of piperidine rings is 1. The second-order valence-corrected chi connectivity index (χ2v) is 10.6. The zero-order valence-electron chi connectivity index (χ0n) is 17.6. The van der Waals surface area contributed by atoms with Gasteiger partial charge in [-0.05, 0) is 68.5 Å². The van der Waals surface area contributed by atoms with E-state index in [0.29, 0.717) is 17.7 Å². The summed E-state index contributed by atoms with van der Waals surface area (Å²) in [6.45, 7) is 0.850. The quantitative estimate of drug-likeness (QED) is 0.691. The van der Waals surface area contributed by atoms with Crippen LogP contribution in [-0.4, -0.2) is 52.6 Å². The van der Waals surface area contributed by atoms with Crippen molar-refractivity contribution in [3.05, 3.63) is 64.2 Å². The molecule has 1 saturated heterocycles. The third-order valence-electron chi connectivity index (χ3n) is 9.41. The normalized spacial score (nSPS) is 38.3. The van der Waals surface area contributed by atoms with Crippen molar-refractivity contribution < 1.29 is 14.9 Å². The van der Waals surface area contributed by atoms with Gasteiger partial charge in [0.1, 0.15) is 17.9 Å². The second kappa shape index (κ2) is 5.50. The molecule has 5 heteroatoms. The Morgan fingerprint density at radius 3 is 2.58 bits per heavy atom. The third kappa shape index (κ3) is 1.86. The summed E-state index contributed by atoms with van der Waals surface area (Å²) in [4.78, 5) is 2.30. The average molecular weight is 415 g/mol. The monoisotopic (exact) mass is 414 g/mol. The maximum absolute atomic E-state index is 12.7. The number of fused-ring (bicyclic) bond motifs is 1. The summed E-state index contributed by atoms with van der Waals surface area (Å²) < 4.78 is 6.55. The molecule has 2 heterocycles. The van der Waals surface area contributed by atoms with Crippen LogP contribution >= 0.6 is 0 Å². The first-order chi connectivity index (χ1) is 14.9. The smallest absolute Gasteiger partial charge is 0.141 e. The van der Waals surface area contributed by atoms with E-state index in [4.69, 9.17) is 4.74 Å². The molecule has 5 aliphatic rings. The Kier molecular flexibility index (Phi) is 3.23. The number of aliphatic hydroxyl groups is 2. The SMILES string of the molecule is CN1CC[C@]23c4c5ccc(C#N)c4OC2C(O)C2(Cc4ccccc4C2)CC3(O)[C@H]1C5. The van der Waals surface area contributed by atoms with E-state index < -0.39 is 28.6 Å². The molecule has 7 rings (SSSR count). The van der Waals surface area contributed by atoms with Crippen LogP contribution in [0.2, 0.25) is 0 Å². The van der Waals surface area contributed by atoms with E-state index in [-0.39, 0.29) is 6.04 Å². The molecule has 1 saturated carbocycles. The minimum absolute atomic E-state index is 0.0215. The van der Waals surface area contributed by atoms with Gasteiger partial charge in [0.05, 0.1) is 22.7 Å². The van der Waals surface area contributed by atoms with Crippen LogP contribution in [0.1, 0.15) is 40.7 Å². The highest BCUT2D eigenvalue weighted by Gasteiger charge is 2.76. The van der Waals surface area contributed by atoms with Gasteiger partial charge in [-0.3, -0.25) is 0 Å². The molecular weight excluding hydrogens is 388 g/mol. The average Bonchev–Trinajstić information content (AvgIpc) is 3.30. The van der Waals surface area contributed by atoms with Crippen LogP contribution in [0, 0.1) is 16.7 Å². The number of benzene rings is 2. The van der Waals surface area contributed by atoms with Gasteiger partial charge in [-0.2, -0.15) is 5.26 Å². The molecule has 2 fully saturated rings. The second-order valence-electron chi connectivity index (χ2n) is 10.6. The largest absolute Gasteiger partial charge is 0.485 e. The van der Waals surface area contributed by atoms with Gasteiger partial charge in [-0.25, -0.2) is 0 Å². The van der Waals surface area contributed by atoms with Gasteiger partial charge in [0, 0.05) is 17.0 Å². The summed E-state index contributed by atoms with van der Waals surface area (Å²) in [6.07, 6.45) is 2.32. The number of hydrogen-bond acceptors (Lipinski definition) is 5. The third-order valence-corrected chi connectivity index (χ3v) is 9.41. The molecule has 0 radical (unpaired) electrons. The zero-order valence-corrected chi connectivity index (χ0v) is 17.6. The summed E-state index contributed by atoms with van der Waals surface area (Å²) in [5.74, 6) is 0.609. The van der Waals surface area contributed by atoms with Gasteiger partial charge in [0.15, 0.2) is 0 Å².